The van der Waals surface area contributed by atoms with Gasteiger partial charge in [-0.2, -0.15) is 0 Å². The van der Waals surface area contributed by atoms with E-state index in [1.807, 2.05) is 0 Å². The fraction of sp³-hybridized carbons (Fsp3) is 0.480. The van der Waals surface area contributed by atoms with Crippen LogP contribution >= 0.6 is 11.3 Å². The van der Waals surface area contributed by atoms with Crippen molar-refractivity contribution in [3.8, 4) is 0 Å². The van der Waals surface area contributed by atoms with Crippen molar-refractivity contribution in [3.63, 3.8) is 0 Å². The number of benzene rings is 1. The first-order valence-corrected chi connectivity index (χ1v) is 12.9. The van der Waals surface area contributed by atoms with Crippen molar-refractivity contribution in [1.29, 1.82) is 0 Å². The number of alkyl halides is 2. The van der Waals surface area contributed by atoms with Crippen LogP contribution in [0.2, 0.25) is 0 Å². The average molecular weight is 535 g/mol. The van der Waals surface area contributed by atoms with Crippen LogP contribution in [0.3, 0.4) is 0 Å². The van der Waals surface area contributed by atoms with Crippen molar-refractivity contribution in [2.45, 2.75) is 50.2 Å². The maximum atomic E-state index is 13.3. The number of ketones is 1. The van der Waals surface area contributed by atoms with Crippen LogP contribution < -0.4 is 10.6 Å². The second-order valence-corrected chi connectivity index (χ2v) is 10.0. The highest BCUT2D eigenvalue weighted by atomic mass is 32.1. The molecule has 2 atom stereocenters. The summed E-state index contributed by atoms with van der Waals surface area (Å²) in [5.41, 5.74) is 2.94. The van der Waals surface area contributed by atoms with Gasteiger partial charge >= 0.3 is 0 Å². The number of halogens is 2. The molecule has 1 aliphatic heterocycles. The minimum Gasteiger partial charge on any atom is -0.377 e. The average Bonchev–Trinajstić information content (AvgIpc) is 3.39. The molecule has 1 aromatic heterocycles. The molecule has 1 saturated heterocycles. The number of aromatic nitrogens is 1. The molecule has 1 saturated carbocycles. The molecule has 2 heterocycles. The Bertz CT molecular complexity index is 1110. The molecule has 0 unspecified atom stereocenters. The molecule has 0 radical (unpaired) electrons. The van der Waals surface area contributed by atoms with E-state index in [0.717, 1.165) is 5.56 Å². The monoisotopic (exact) mass is 534 g/mol. The van der Waals surface area contributed by atoms with Crippen LogP contribution in [0.15, 0.2) is 41.2 Å². The van der Waals surface area contributed by atoms with E-state index in [1.54, 1.807) is 41.2 Å². The molecule has 12 heteroatoms. The number of ether oxygens (including phenoxy) is 1. The zero-order chi connectivity index (χ0) is 26.4. The predicted octanol–water partition coefficient (Wildman–Crippen LogP) is 1.72. The summed E-state index contributed by atoms with van der Waals surface area (Å²) in [6, 6.07) is 6.68. The maximum absolute atomic E-state index is 13.3. The Hall–Kier alpha value is -3.25. The second-order valence-electron chi connectivity index (χ2n) is 9.29. The first kappa shape index (κ1) is 26.8. The van der Waals surface area contributed by atoms with Gasteiger partial charge in [-0.05, 0) is 11.5 Å². The molecule has 0 spiro atoms. The summed E-state index contributed by atoms with van der Waals surface area (Å²) < 4.78 is 31.8. The van der Waals surface area contributed by atoms with Crippen molar-refractivity contribution in [1.82, 2.24) is 20.5 Å². The Balaban J connectivity index is 1.43. The molecule has 2 fully saturated rings. The number of amides is 3. The van der Waals surface area contributed by atoms with Gasteiger partial charge in [0.1, 0.15) is 12.1 Å². The van der Waals surface area contributed by atoms with Crippen LogP contribution in [-0.2, 0) is 36.9 Å². The Morgan fingerprint density at radius 3 is 2.62 bits per heavy atom. The number of nitrogens with zero attached hydrogens (tertiary/aromatic N) is 2. The first-order chi connectivity index (χ1) is 17.7. The number of thiazole rings is 1. The van der Waals surface area contributed by atoms with E-state index in [-0.39, 0.29) is 52.0 Å². The van der Waals surface area contributed by atoms with Crippen molar-refractivity contribution >= 4 is 34.8 Å². The largest absolute Gasteiger partial charge is 0.377 e. The van der Waals surface area contributed by atoms with E-state index in [2.05, 4.69) is 15.6 Å². The van der Waals surface area contributed by atoms with Gasteiger partial charge in [-0.25, -0.2) is 13.8 Å². The number of rotatable bonds is 10. The lowest BCUT2D eigenvalue weighted by Crippen LogP contribution is -2.59. The Morgan fingerprint density at radius 2 is 1.95 bits per heavy atom. The molecule has 0 bridgehead atoms. The molecular formula is C25H28F2N4O5S. The molecule has 2 aromatic rings. The molecular weight excluding hydrogens is 506 g/mol. The number of carbonyl (C=O) groups is 4. The van der Waals surface area contributed by atoms with Crippen molar-refractivity contribution in [2.75, 3.05) is 19.8 Å². The van der Waals surface area contributed by atoms with Crippen LogP contribution in [0.1, 0.15) is 30.5 Å². The molecule has 198 valence electrons. The lowest BCUT2D eigenvalue weighted by molar-refractivity contribution is -0.155. The number of morpholine rings is 1. The molecule has 37 heavy (non-hydrogen) atoms. The molecule has 2 aliphatic rings. The fourth-order valence-electron chi connectivity index (χ4n) is 4.48. The molecule has 3 amide bonds. The lowest BCUT2D eigenvalue weighted by Gasteiger charge is -2.39. The predicted molar refractivity (Wildman–Crippen MR) is 130 cm³/mol. The van der Waals surface area contributed by atoms with Gasteiger partial charge in [-0.3, -0.25) is 19.2 Å². The summed E-state index contributed by atoms with van der Waals surface area (Å²) in [4.78, 5) is 57.2. The highest BCUT2D eigenvalue weighted by molar-refractivity contribution is 7.07. The quantitative estimate of drug-likeness (QED) is 0.449. The van der Waals surface area contributed by atoms with E-state index < -0.39 is 47.4 Å². The van der Waals surface area contributed by atoms with Gasteiger partial charge in [-0.1, -0.05) is 30.3 Å². The second kappa shape index (κ2) is 11.9. The fourth-order valence-corrected chi connectivity index (χ4v) is 5.04. The number of hydrogen-bond donors (Lipinski definition) is 2. The minimum absolute atomic E-state index is 0.0637. The SMILES string of the molecule is O=C(NCc1cscn1)C(=O)[C@@H](Cc1ccccc1)NC(=O)[C@H]1COCCN1C(=O)CC1CC(F)(F)C1. The highest BCUT2D eigenvalue weighted by Crippen LogP contribution is 2.44. The van der Waals surface area contributed by atoms with E-state index in [0.29, 0.717) is 5.69 Å². The maximum Gasteiger partial charge on any atom is 0.289 e. The molecule has 2 N–H and O–H groups in total. The van der Waals surface area contributed by atoms with Gasteiger partial charge < -0.3 is 20.3 Å². The molecule has 1 aromatic carbocycles. The van der Waals surface area contributed by atoms with Crippen LogP contribution in [0, 0.1) is 5.92 Å². The lowest BCUT2D eigenvalue weighted by atomic mass is 9.79. The van der Waals surface area contributed by atoms with Gasteiger partial charge in [0.25, 0.3) is 5.91 Å². The smallest absolute Gasteiger partial charge is 0.289 e. The van der Waals surface area contributed by atoms with Crippen molar-refractivity contribution < 1.29 is 32.7 Å². The van der Waals surface area contributed by atoms with E-state index in [1.165, 1.54) is 16.2 Å². The zero-order valence-corrected chi connectivity index (χ0v) is 20.8. The summed E-state index contributed by atoms with van der Waals surface area (Å²) in [6.07, 6.45) is -0.702. The summed E-state index contributed by atoms with van der Waals surface area (Å²) in [6.45, 7) is 0.312. The van der Waals surface area contributed by atoms with E-state index >= 15 is 0 Å². The third-order valence-electron chi connectivity index (χ3n) is 6.44. The van der Waals surface area contributed by atoms with Gasteiger partial charge in [0.15, 0.2) is 0 Å². The number of hydrogen-bond acceptors (Lipinski definition) is 7. The van der Waals surface area contributed by atoms with Crippen LogP contribution in [0.25, 0.3) is 0 Å². The Kier molecular flexibility index (Phi) is 8.59. The molecule has 4 rings (SSSR count). The standard InChI is InChI=1S/C25H28F2N4O5S/c26-25(27)10-17(11-25)9-21(32)31-6-7-36-13-20(31)23(34)30-19(8-16-4-2-1-3-5-16)22(33)24(35)28-12-18-14-37-15-29-18/h1-5,14-15,17,19-20H,6-13H2,(H,28,35)(H,30,34)/t19-,20-/m1/s1. The van der Waals surface area contributed by atoms with Gasteiger partial charge in [-0.15, -0.1) is 11.3 Å². The number of carbonyl (C=O) groups excluding carboxylic acids is 4. The van der Waals surface area contributed by atoms with Gasteiger partial charge in [0.05, 0.1) is 31.0 Å². The number of Topliss-reactive ketones (excluding diaryl/α,β-unsaturated/α-hetero) is 1. The summed E-state index contributed by atoms with van der Waals surface area (Å²) in [5, 5.41) is 6.90. The summed E-state index contributed by atoms with van der Waals surface area (Å²) >= 11 is 1.36. The molecule has 1 aliphatic carbocycles. The third kappa shape index (κ3) is 7.16. The third-order valence-corrected chi connectivity index (χ3v) is 7.08. The van der Waals surface area contributed by atoms with E-state index in [4.69, 9.17) is 4.74 Å². The Morgan fingerprint density at radius 1 is 1.19 bits per heavy atom. The first-order valence-electron chi connectivity index (χ1n) is 12.0. The van der Waals surface area contributed by atoms with Crippen LogP contribution in [0.4, 0.5) is 8.78 Å². The van der Waals surface area contributed by atoms with E-state index in [9.17, 15) is 28.0 Å². The van der Waals surface area contributed by atoms with Gasteiger partial charge in [0.2, 0.25) is 23.5 Å². The minimum atomic E-state index is -2.74. The van der Waals surface area contributed by atoms with Gasteiger partial charge in [0, 0.05) is 37.6 Å². The normalized spacial score (nSPS) is 19.9. The van der Waals surface area contributed by atoms with Crippen molar-refractivity contribution in [3.05, 3.63) is 52.5 Å². The number of nitrogens with one attached hydrogen (secondary N) is 2. The summed E-state index contributed by atoms with van der Waals surface area (Å²) in [5.74, 6) is -5.92. The van der Waals surface area contributed by atoms with Crippen molar-refractivity contribution in [2.24, 2.45) is 5.92 Å². The molecule has 9 nitrogen and oxygen atoms in total. The summed E-state index contributed by atoms with van der Waals surface area (Å²) in [7, 11) is 0. The van der Waals surface area contributed by atoms with Crippen LogP contribution in [0.5, 0.6) is 0 Å². The highest BCUT2D eigenvalue weighted by Gasteiger charge is 2.47. The zero-order valence-electron chi connectivity index (χ0n) is 20.0. The Labute approximate surface area is 216 Å². The van der Waals surface area contributed by atoms with Crippen LogP contribution in [-0.4, -0.2) is 71.2 Å². The topological polar surface area (TPSA) is 118 Å².